The highest BCUT2D eigenvalue weighted by atomic mass is 16.5. The van der Waals surface area contributed by atoms with E-state index in [9.17, 15) is 9.59 Å². The molecule has 114 valence electrons. The second kappa shape index (κ2) is 7.11. The molecule has 1 aliphatic heterocycles. The molecule has 5 nitrogen and oxygen atoms in total. The summed E-state index contributed by atoms with van der Waals surface area (Å²) < 4.78 is 4.83. The Morgan fingerprint density at radius 3 is 2.43 bits per heavy atom. The van der Waals surface area contributed by atoms with Gasteiger partial charge in [0.05, 0.1) is 18.4 Å². The quantitative estimate of drug-likeness (QED) is 0.795. The highest BCUT2D eigenvalue weighted by Gasteiger charge is 2.23. The average Bonchev–Trinajstić information content (AvgIpc) is 2.54. The molecule has 0 spiro atoms. The Morgan fingerprint density at radius 1 is 1.14 bits per heavy atom. The molecule has 1 fully saturated rings. The van der Waals surface area contributed by atoms with Gasteiger partial charge >= 0.3 is 5.97 Å². The molecule has 1 heterocycles. The number of carbonyl (C=O) groups is 2. The Morgan fingerprint density at radius 2 is 1.81 bits per heavy atom. The summed E-state index contributed by atoms with van der Waals surface area (Å²) in [4.78, 5) is 27.8. The number of amides is 1. The number of nitrogens with zero attached hydrogens (tertiary/aromatic N) is 2. The molecular formula is C16H22N2O3. The summed E-state index contributed by atoms with van der Waals surface area (Å²) in [5.41, 5.74) is 1.46. The van der Waals surface area contributed by atoms with E-state index in [0.29, 0.717) is 25.1 Å². The van der Waals surface area contributed by atoms with Crippen molar-refractivity contribution in [2.75, 3.05) is 38.2 Å². The lowest BCUT2D eigenvalue weighted by molar-refractivity contribution is -0.131. The number of methoxy groups -OCH3 is 1. The molecule has 1 aromatic rings. The van der Waals surface area contributed by atoms with Crippen LogP contribution >= 0.6 is 0 Å². The molecule has 0 unspecified atom stereocenters. The molecule has 1 aliphatic rings. The van der Waals surface area contributed by atoms with Crippen molar-refractivity contribution in [3.05, 3.63) is 29.8 Å². The normalized spacial score (nSPS) is 15.0. The molecule has 2 rings (SSSR count). The number of piperazine rings is 1. The first kappa shape index (κ1) is 15.4. The molecule has 1 aromatic carbocycles. The average molecular weight is 290 g/mol. The number of ether oxygens (including phenoxy) is 1. The number of carbonyl (C=O) groups excluding carboxylic acids is 2. The fraction of sp³-hybridized carbons (Fsp3) is 0.500. The molecule has 0 bridgehead atoms. The number of hydrogen-bond donors (Lipinski definition) is 0. The van der Waals surface area contributed by atoms with Crippen LogP contribution in [-0.2, 0) is 9.53 Å². The van der Waals surface area contributed by atoms with Gasteiger partial charge in [-0.3, -0.25) is 4.79 Å². The van der Waals surface area contributed by atoms with Gasteiger partial charge in [0.25, 0.3) is 0 Å². The van der Waals surface area contributed by atoms with E-state index in [-0.39, 0.29) is 11.9 Å². The minimum Gasteiger partial charge on any atom is -0.465 e. The second-order valence-electron chi connectivity index (χ2n) is 5.13. The molecule has 0 aliphatic carbocycles. The smallest absolute Gasteiger partial charge is 0.339 e. The molecule has 21 heavy (non-hydrogen) atoms. The predicted molar refractivity (Wildman–Crippen MR) is 81.5 cm³/mol. The van der Waals surface area contributed by atoms with E-state index in [2.05, 4.69) is 4.90 Å². The molecular weight excluding hydrogens is 268 g/mol. The van der Waals surface area contributed by atoms with Gasteiger partial charge in [-0.25, -0.2) is 4.79 Å². The molecule has 1 amide bonds. The first-order valence-electron chi connectivity index (χ1n) is 7.37. The van der Waals surface area contributed by atoms with Gasteiger partial charge in [-0.05, 0) is 18.6 Å². The van der Waals surface area contributed by atoms with Crippen molar-refractivity contribution < 1.29 is 14.3 Å². The van der Waals surface area contributed by atoms with E-state index in [0.717, 1.165) is 25.2 Å². The van der Waals surface area contributed by atoms with E-state index in [1.165, 1.54) is 7.11 Å². The van der Waals surface area contributed by atoms with Crippen LogP contribution in [0.2, 0.25) is 0 Å². The molecule has 0 saturated carbocycles. The lowest BCUT2D eigenvalue weighted by Crippen LogP contribution is -2.49. The summed E-state index contributed by atoms with van der Waals surface area (Å²) in [6.07, 6.45) is 1.49. The highest BCUT2D eigenvalue weighted by Crippen LogP contribution is 2.22. The monoisotopic (exact) mass is 290 g/mol. The molecule has 0 radical (unpaired) electrons. The number of para-hydroxylation sites is 1. The van der Waals surface area contributed by atoms with E-state index >= 15 is 0 Å². The maximum Gasteiger partial charge on any atom is 0.339 e. The lowest BCUT2D eigenvalue weighted by Gasteiger charge is -2.36. The minimum absolute atomic E-state index is 0.221. The van der Waals surface area contributed by atoms with Crippen molar-refractivity contribution >= 4 is 17.6 Å². The van der Waals surface area contributed by atoms with Crippen LogP contribution in [0.25, 0.3) is 0 Å². The summed E-state index contributed by atoms with van der Waals surface area (Å²) in [6.45, 7) is 4.90. The van der Waals surface area contributed by atoms with Crippen molar-refractivity contribution in [1.82, 2.24) is 4.90 Å². The van der Waals surface area contributed by atoms with Crippen LogP contribution in [0.3, 0.4) is 0 Å². The van der Waals surface area contributed by atoms with Crippen LogP contribution in [0.15, 0.2) is 24.3 Å². The molecule has 0 N–H and O–H groups in total. The first-order chi connectivity index (χ1) is 10.2. The topological polar surface area (TPSA) is 49.9 Å². The maximum atomic E-state index is 11.9. The third-order valence-corrected chi connectivity index (χ3v) is 3.75. The number of benzene rings is 1. The van der Waals surface area contributed by atoms with E-state index < -0.39 is 0 Å². The Labute approximate surface area is 125 Å². The van der Waals surface area contributed by atoms with E-state index in [1.807, 2.05) is 30.0 Å². The number of hydrogen-bond acceptors (Lipinski definition) is 4. The molecule has 0 aromatic heterocycles. The van der Waals surface area contributed by atoms with Crippen LogP contribution in [-0.4, -0.2) is 50.1 Å². The van der Waals surface area contributed by atoms with E-state index in [1.54, 1.807) is 6.07 Å². The highest BCUT2D eigenvalue weighted by molar-refractivity contribution is 5.95. The Kier molecular flexibility index (Phi) is 5.20. The van der Waals surface area contributed by atoms with Gasteiger partial charge in [0.2, 0.25) is 5.91 Å². The predicted octanol–water partition coefficient (Wildman–Crippen LogP) is 1.92. The van der Waals surface area contributed by atoms with Crippen LogP contribution in [0.5, 0.6) is 0 Å². The Hall–Kier alpha value is -2.04. The SMILES string of the molecule is CCCC(=O)N1CCN(c2ccccc2C(=O)OC)CC1. The lowest BCUT2D eigenvalue weighted by atomic mass is 10.1. The van der Waals surface area contributed by atoms with Crippen LogP contribution in [0, 0.1) is 0 Å². The number of esters is 1. The van der Waals surface area contributed by atoms with Gasteiger partial charge in [-0.2, -0.15) is 0 Å². The standard InChI is InChI=1S/C16H22N2O3/c1-3-6-15(19)18-11-9-17(10-12-18)14-8-5-4-7-13(14)16(20)21-2/h4-5,7-8H,3,6,9-12H2,1-2H3. The van der Waals surface area contributed by atoms with Crippen molar-refractivity contribution in [2.24, 2.45) is 0 Å². The van der Waals surface area contributed by atoms with Crippen molar-refractivity contribution in [1.29, 1.82) is 0 Å². The zero-order chi connectivity index (χ0) is 15.2. The first-order valence-corrected chi connectivity index (χ1v) is 7.37. The summed E-state index contributed by atoms with van der Waals surface area (Å²) in [6, 6.07) is 7.44. The van der Waals surface area contributed by atoms with E-state index in [4.69, 9.17) is 4.74 Å². The third-order valence-electron chi connectivity index (χ3n) is 3.75. The summed E-state index contributed by atoms with van der Waals surface area (Å²) in [5, 5.41) is 0. The Bertz CT molecular complexity index is 508. The van der Waals surface area contributed by atoms with Gasteiger partial charge in [0, 0.05) is 32.6 Å². The summed E-state index contributed by atoms with van der Waals surface area (Å²) in [7, 11) is 1.39. The van der Waals surface area contributed by atoms with Crippen LogP contribution in [0.4, 0.5) is 5.69 Å². The summed E-state index contributed by atoms with van der Waals surface area (Å²) in [5.74, 6) is -0.103. The zero-order valence-electron chi connectivity index (χ0n) is 12.7. The van der Waals surface area contributed by atoms with Crippen molar-refractivity contribution in [3.63, 3.8) is 0 Å². The van der Waals surface area contributed by atoms with Crippen LogP contribution < -0.4 is 4.90 Å². The van der Waals surface area contributed by atoms with Gasteiger partial charge in [0.1, 0.15) is 0 Å². The zero-order valence-corrected chi connectivity index (χ0v) is 12.7. The van der Waals surface area contributed by atoms with Gasteiger partial charge < -0.3 is 14.5 Å². The second-order valence-corrected chi connectivity index (χ2v) is 5.13. The fourth-order valence-electron chi connectivity index (χ4n) is 2.60. The van der Waals surface area contributed by atoms with Gasteiger partial charge in [0.15, 0.2) is 0 Å². The number of anilines is 1. The van der Waals surface area contributed by atoms with Crippen molar-refractivity contribution in [2.45, 2.75) is 19.8 Å². The molecule has 5 heteroatoms. The fourth-order valence-corrected chi connectivity index (χ4v) is 2.60. The van der Waals surface area contributed by atoms with Gasteiger partial charge in [-0.1, -0.05) is 19.1 Å². The minimum atomic E-state index is -0.324. The summed E-state index contributed by atoms with van der Waals surface area (Å²) >= 11 is 0. The number of rotatable bonds is 4. The third kappa shape index (κ3) is 3.54. The maximum absolute atomic E-state index is 11.9. The van der Waals surface area contributed by atoms with Crippen LogP contribution in [0.1, 0.15) is 30.1 Å². The Balaban J connectivity index is 2.06. The molecule has 1 saturated heterocycles. The largest absolute Gasteiger partial charge is 0.465 e. The van der Waals surface area contributed by atoms with Gasteiger partial charge in [-0.15, -0.1) is 0 Å². The van der Waals surface area contributed by atoms with Crippen molar-refractivity contribution in [3.8, 4) is 0 Å². The molecule has 0 atom stereocenters.